The zero-order chi connectivity index (χ0) is 25.6. The molecule has 7 nitrogen and oxygen atoms in total. The first-order valence-electron chi connectivity index (χ1n) is 12.1. The Balaban J connectivity index is 1.57. The molecule has 0 radical (unpaired) electrons. The van der Waals surface area contributed by atoms with Gasteiger partial charge in [0.15, 0.2) is 5.82 Å². The number of anilines is 2. The molecule has 1 N–H and O–H groups in total. The lowest BCUT2D eigenvalue weighted by atomic mass is 10.1. The summed E-state index contributed by atoms with van der Waals surface area (Å²) >= 11 is 0. The van der Waals surface area contributed by atoms with Crippen molar-refractivity contribution in [3.8, 4) is 5.82 Å². The minimum Gasteiger partial charge on any atom is -0.340 e. The zero-order valence-corrected chi connectivity index (χ0v) is 21.1. The molecule has 5 rings (SSSR count). The predicted octanol–water partition coefficient (Wildman–Crippen LogP) is 4.75. The van der Waals surface area contributed by atoms with Crippen LogP contribution in [0.3, 0.4) is 0 Å². The lowest BCUT2D eigenvalue weighted by Crippen LogP contribution is -2.27. The fourth-order valence-corrected chi connectivity index (χ4v) is 4.81. The highest BCUT2D eigenvalue weighted by molar-refractivity contribution is 5.82. The maximum absolute atomic E-state index is 14.7. The Morgan fingerprint density at radius 3 is 2.69 bits per heavy atom. The van der Waals surface area contributed by atoms with Crippen molar-refractivity contribution in [1.29, 1.82) is 0 Å². The van der Waals surface area contributed by atoms with Crippen molar-refractivity contribution in [2.75, 3.05) is 19.4 Å². The summed E-state index contributed by atoms with van der Waals surface area (Å²) in [5, 5.41) is 3.85. The van der Waals surface area contributed by atoms with E-state index in [9.17, 15) is 9.18 Å². The van der Waals surface area contributed by atoms with Crippen LogP contribution in [-0.2, 0) is 25.1 Å². The van der Waals surface area contributed by atoms with Crippen molar-refractivity contribution in [1.82, 2.24) is 24.2 Å². The Morgan fingerprint density at radius 1 is 1.19 bits per heavy atom. The molecule has 0 saturated carbocycles. The largest absolute Gasteiger partial charge is 0.340 e. The van der Waals surface area contributed by atoms with E-state index in [1.165, 1.54) is 29.7 Å². The van der Waals surface area contributed by atoms with E-state index < -0.39 is 5.67 Å². The molecule has 0 saturated heterocycles. The molecule has 0 fully saturated rings. The number of hydrogen-bond acceptors (Lipinski definition) is 5. The van der Waals surface area contributed by atoms with E-state index in [4.69, 9.17) is 0 Å². The number of nitrogens with one attached hydrogen (secondary N) is 1. The van der Waals surface area contributed by atoms with Crippen LogP contribution in [0.25, 0.3) is 16.7 Å². The summed E-state index contributed by atoms with van der Waals surface area (Å²) in [5.74, 6) is 1.06. The third-order valence-corrected chi connectivity index (χ3v) is 6.80. The van der Waals surface area contributed by atoms with E-state index >= 15 is 0 Å². The summed E-state index contributed by atoms with van der Waals surface area (Å²) < 4.78 is 17.9. The van der Waals surface area contributed by atoms with Crippen LogP contribution in [-0.4, -0.2) is 44.4 Å². The second-order valence-corrected chi connectivity index (χ2v) is 10.1. The van der Waals surface area contributed by atoms with Gasteiger partial charge in [0.25, 0.3) is 5.56 Å². The minimum absolute atomic E-state index is 0.206. The zero-order valence-electron chi connectivity index (χ0n) is 21.1. The van der Waals surface area contributed by atoms with E-state index in [0.29, 0.717) is 34.3 Å². The number of fused-ring (bicyclic) bond motifs is 2. The van der Waals surface area contributed by atoms with Crippen LogP contribution in [0.2, 0.25) is 0 Å². The Morgan fingerprint density at radius 2 is 1.97 bits per heavy atom. The molecule has 3 heterocycles. The average molecular weight is 487 g/mol. The molecule has 1 unspecified atom stereocenters. The quantitative estimate of drug-likeness (QED) is 0.382. The van der Waals surface area contributed by atoms with Gasteiger partial charge in [0.2, 0.25) is 0 Å². The Labute approximate surface area is 209 Å². The molecular weight excluding hydrogens is 455 g/mol. The highest BCUT2D eigenvalue weighted by Gasteiger charge is 2.24. The summed E-state index contributed by atoms with van der Waals surface area (Å²) in [6.07, 6.45) is 5.30. The second-order valence-electron chi connectivity index (χ2n) is 10.1. The number of alkyl halides is 1. The third kappa shape index (κ3) is 4.33. The van der Waals surface area contributed by atoms with Crippen LogP contribution in [0, 0.1) is 0 Å². The van der Waals surface area contributed by atoms with Crippen molar-refractivity contribution in [3.05, 3.63) is 88.5 Å². The van der Waals surface area contributed by atoms with Gasteiger partial charge in [-0.3, -0.25) is 4.79 Å². The first-order valence-corrected chi connectivity index (χ1v) is 12.1. The van der Waals surface area contributed by atoms with Gasteiger partial charge < -0.3 is 10.2 Å². The van der Waals surface area contributed by atoms with Gasteiger partial charge in [0.1, 0.15) is 11.5 Å². The number of hydrogen-bond donors (Lipinski definition) is 1. The van der Waals surface area contributed by atoms with Crippen molar-refractivity contribution in [2.24, 2.45) is 0 Å². The molecule has 0 spiro atoms. The highest BCUT2D eigenvalue weighted by atomic mass is 19.1. The van der Waals surface area contributed by atoms with Crippen LogP contribution >= 0.6 is 0 Å². The minimum atomic E-state index is -1.62. The van der Waals surface area contributed by atoms with Crippen LogP contribution in [0.4, 0.5) is 15.9 Å². The van der Waals surface area contributed by atoms with Crippen molar-refractivity contribution >= 4 is 22.4 Å². The number of aromatic nitrogens is 4. The van der Waals surface area contributed by atoms with E-state index in [-0.39, 0.29) is 12.1 Å². The summed E-state index contributed by atoms with van der Waals surface area (Å²) in [4.78, 5) is 24.5. The molecule has 1 aromatic carbocycles. The summed E-state index contributed by atoms with van der Waals surface area (Å²) in [6.45, 7) is 7.00. The first kappa shape index (κ1) is 23.9. The molecule has 0 bridgehead atoms. The van der Waals surface area contributed by atoms with E-state index in [0.717, 1.165) is 18.5 Å². The molecule has 1 aliphatic carbocycles. The number of rotatable bonds is 7. The van der Waals surface area contributed by atoms with E-state index in [2.05, 4.69) is 59.1 Å². The van der Waals surface area contributed by atoms with Gasteiger partial charge in [-0.2, -0.15) is 0 Å². The Hall–Kier alpha value is -3.78. The SMILES string of the molecule is C=CCn1c(=O)c2cnc(Nc3ccc4c(c3)CC(N(C)C)C4)cc2n1-c1cccc(C(C)(C)F)n1. The number of nitrogens with zero attached hydrogens (tertiary/aromatic N) is 5. The van der Waals surface area contributed by atoms with Gasteiger partial charge in [0, 0.05) is 24.0 Å². The molecule has 1 aliphatic rings. The second kappa shape index (κ2) is 9.02. The topological polar surface area (TPSA) is 68.0 Å². The lowest BCUT2D eigenvalue weighted by molar-refractivity contribution is 0.214. The number of benzene rings is 1. The normalized spacial score (nSPS) is 15.4. The number of likely N-dealkylation sites (N-methyl/N-ethyl adjacent to an activating group) is 1. The Kier molecular flexibility index (Phi) is 6.00. The number of allylic oxidation sites excluding steroid dienone is 1. The first-order chi connectivity index (χ1) is 17.2. The van der Waals surface area contributed by atoms with E-state index in [1.54, 1.807) is 35.2 Å². The molecular formula is C28H31FN6O. The van der Waals surface area contributed by atoms with Gasteiger partial charge in [-0.1, -0.05) is 18.2 Å². The van der Waals surface area contributed by atoms with Crippen LogP contribution in [0.15, 0.2) is 66.1 Å². The number of halogens is 1. The predicted molar refractivity (Wildman–Crippen MR) is 142 cm³/mol. The van der Waals surface area contributed by atoms with Gasteiger partial charge in [-0.25, -0.2) is 23.7 Å². The van der Waals surface area contributed by atoms with Crippen LogP contribution < -0.4 is 10.9 Å². The van der Waals surface area contributed by atoms with Crippen molar-refractivity contribution in [3.63, 3.8) is 0 Å². The Bertz CT molecular complexity index is 1510. The van der Waals surface area contributed by atoms with Gasteiger partial charge in [0.05, 0.1) is 23.1 Å². The fraction of sp³-hybridized carbons (Fsp3) is 0.321. The molecule has 0 amide bonds. The maximum Gasteiger partial charge on any atom is 0.276 e. The summed E-state index contributed by atoms with van der Waals surface area (Å²) in [5.41, 5.74) is 2.76. The molecule has 4 aromatic rings. The average Bonchev–Trinajstić information content (AvgIpc) is 3.38. The van der Waals surface area contributed by atoms with Crippen molar-refractivity contribution in [2.45, 2.75) is 44.9 Å². The molecule has 8 heteroatoms. The molecule has 186 valence electrons. The molecule has 1 atom stereocenters. The summed E-state index contributed by atoms with van der Waals surface area (Å²) in [7, 11) is 4.23. The van der Waals surface area contributed by atoms with Crippen LogP contribution in [0.1, 0.15) is 30.7 Å². The standard InChI is InChI=1S/C28H31FN6O/c1-6-12-34-27(36)22-17-30-25(31-20-11-10-18-14-21(33(4)5)15-19(18)13-20)16-23(22)35(34)26-9-7-8-24(32-26)28(2,3)29/h6-11,13,16-17,21H,1,12,14-15H2,2-5H3,(H,30,31). The van der Waals surface area contributed by atoms with Gasteiger partial charge in [-0.05, 0) is 76.2 Å². The number of pyridine rings is 2. The fourth-order valence-electron chi connectivity index (χ4n) is 4.81. The molecule has 3 aromatic heterocycles. The monoisotopic (exact) mass is 486 g/mol. The van der Waals surface area contributed by atoms with Gasteiger partial charge in [-0.15, -0.1) is 6.58 Å². The highest BCUT2D eigenvalue weighted by Crippen LogP contribution is 2.29. The van der Waals surface area contributed by atoms with Crippen molar-refractivity contribution < 1.29 is 4.39 Å². The lowest BCUT2D eigenvalue weighted by Gasteiger charge is -2.17. The molecule has 36 heavy (non-hydrogen) atoms. The smallest absolute Gasteiger partial charge is 0.276 e. The summed E-state index contributed by atoms with van der Waals surface area (Å²) in [6, 6.07) is 13.9. The molecule has 0 aliphatic heterocycles. The maximum atomic E-state index is 14.7. The third-order valence-electron chi connectivity index (χ3n) is 6.80. The van der Waals surface area contributed by atoms with E-state index in [1.807, 2.05) is 6.07 Å². The van der Waals surface area contributed by atoms with Crippen LogP contribution in [0.5, 0.6) is 0 Å². The van der Waals surface area contributed by atoms with Gasteiger partial charge >= 0.3 is 0 Å².